The number of carbonyl (C=O) groups excluding carboxylic acids is 1. The van der Waals surface area contributed by atoms with E-state index in [0.717, 1.165) is 6.07 Å². The Balaban J connectivity index is 1.79. The summed E-state index contributed by atoms with van der Waals surface area (Å²) in [5.41, 5.74) is -1.01. The van der Waals surface area contributed by atoms with Crippen molar-refractivity contribution in [2.24, 2.45) is 0 Å². The van der Waals surface area contributed by atoms with Gasteiger partial charge in [-0.1, -0.05) is 42.1 Å². The zero-order valence-corrected chi connectivity index (χ0v) is 14.5. The Labute approximate surface area is 154 Å². The smallest absolute Gasteiger partial charge is 0.268 e. The van der Waals surface area contributed by atoms with Gasteiger partial charge in [0.05, 0.1) is 11.3 Å². The number of amides is 1. The van der Waals surface area contributed by atoms with Gasteiger partial charge in [0.1, 0.15) is 5.82 Å². The van der Waals surface area contributed by atoms with E-state index in [-0.39, 0.29) is 17.0 Å². The van der Waals surface area contributed by atoms with Crippen LogP contribution in [-0.4, -0.2) is 27.7 Å². The number of hydrogen-bond donors (Lipinski definition) is 1. The summed E-state index contributed by atoms with van der Waals surface area (Å²) >= 11 is 0. The summed E-state index contributed by atoms with van der Waals surface area (Å²) in [6.07, 6.45) is 0. The van der Waals surface area contributed by atoms with Crippen molar-refractivity contribution in [1.29, 1.82) is 0 Å². The summed E-state index contributed by atoms with van der Waals surface area (Å²) in [5, 5.41) is 15.1. The molecule has 6 nitrogen and oxygen atoms in total. The molecule has 1 aliphatic heterocycles. The third kappa shape index (κ3) is 2.47. The fraction of sp³-hybridized carbons (Fsp3) is 0.150. The molecule has 0 bridgehead atoms. The molecule has 1 N–H and O–H groups in total. The SMILES string of the molecule is C=C(c1nc(-c2ccccc2)no1)C1(O)C(=O)N(CC)c2ccc(F)cc21. The minimum atomic E-state index is -2.17. The Morgan fingerprint density at radius 3 is 2.74 bits per heavy atom. The van der Waals surface area contributed by atoms with Crippen LogP contribution in [0.3, 0.4) is 0 Å². The number of carbonyl (C=O) groups is 1. The summed E-state index contributed by atoms with van der Waals surface area (Å²) in [7, 11) is 0. The van der Waals surface area contributed by atoms with Gasteiger partial charge in [0, 0.05) is 17.7 Å². The van der Waals surface area contributed by atoms with Crippen molar-refractivity contribution in [3.63, 3.8) is 0 Å². The lowest BCUT2D eigenvalue weighted by atomic mass is 9.88. The first-order valence-electron chi connectivity index (χ1n) is 8.40. The Kier molecular flexibility index (Phi) is 3.89. The van der Waals surface area contributed by atoms with E-state index in [0.29, 0.717) is 23.6 Å². The number of fused-ring (bicyclic) bond motifs is 1. The fourth-order valence-electron chi connectivity index (χ4n) is 3.26. The molecule has 0 aliphatic carbocycles. The van der Waals surface area contributed by atoms with Crippen LogP contribution in [0.15, 0.2) is 59.6 Å². The van der Waals surface area contributed by atoms with E-state index in [1.54, 1.807) is 19.1 Å². The van der Waals surface area contributed by atoms with Crippen LogP contribution < -0.4 is 4.90 Å². The van der Waals surface area contributed by atoms with Crippen LogP contribution in [0.25, 0.3) is 17.0 Å². The zero-order chi connectivity index (χ0) is 19.2. The van der Waals surface area contributed by atoms with Crippen LogP contribution in [0.2, 0.25) is 0 Å². The topological polar surface area (TPSA) is 79.5 Å². The molecule has 3 aromatic rings. The highest BCUT2D eigenvalue weighted by Gasteiger charge is 2.53. The summed E-state index contributed by atoms with van der Waals surface area (Å²) in [6, 6.07) is 12.9. The maximum Gasteiger partial charge on any atom is 0.268 e. The van der Waals surface area contributed by atoms with E-state index in [1.807, 2.05) is 18.2 Å². The van der Waals surface area contributed by atoms with Gasteiger partial charge in [-0.25, -0.2) is 4.39 Å². The second kappa shape index (κ2) is 6.14. The Morgan fingerprint density at radius 1 is 1.30 bits per heavy atom. The van der Waals surface area contributed by atoms with Crippen molar-refractivity contribution in [3.05, 3.63) is 72.4 Å². The standard InChI is InChI=1S/C20H16FN3O3/c1-3-24-16-10-9-14(21)11-15(16)20(26,19(24)25)12(2)18-22-17(23-27-18)13-7-5-4-6-8-13/h4-11,26H,2-3H2,1H3. The van der Waals surface area contributed by atoms with Crippen molar-refractivity contribution in [1.82, 2.24) is 10.1 Å². The molecule has 1 unspecified atom stereocenters. The molecular weight excluding hydrogens is 349 g/mol. The second-order valence-corrected chi connectivity index (χ2v) is 6.19. The van der Waals surface area contributed by atoms with Gasteiger partial charge in [-0.05, 0) is 25.1 Å². The number of rotatable bonds is 4. The van der Waals surface area contributed by atoms with Crippen LogP contribution in [0.5, 0.6) is 0 Å². The third-order valence-corrected chi connectivity index (χ3v) is 4.66. The first kappa shape index (κ1) is 17.1. The zero-order valence-electron chi connectivity index (χ0n) is 14.5. The van der Waals surface area contributed by atoms with E-state index in [9.17, 15) is 14.3 Å². The van der Waals surface area contributed by atoms with Gasteiger partial charge in [0.2, 0.25) is 11.4 Å². The monoisotopic (exact) mass is 365 g/mol. The maximum atomic E-state index is 13.8. The highest BCUT2D eigenvalue weighted by Crippen LogP contribution is 2.47. The largest absolute Gasteiger partial charge is 0.372 e. The summed E-state index contributed by atoms with van der Waals surface area (Å²) in [5.74, 6) is -0.984. The predicted molar refractivity (Wildman–Crippen MR) is 97.1 cm³/mol. The van der Waals surface area contributed by atoms with Crippen molar-refractivity contribution >= 4 is 17.2 Å². The Morgan fingerprint density at radius 2 is 2.04 bits per heavy atom. The first-order chi connectivity index (χ1) is 13.0. The molecule has 0 saturated carbocycles. The van der Waals surface area contributed by atoms with Gasteiger partial charge < -0.3 is 14.5 Å². The summed E-state index contributed by atoms with van der Waals surface area (Å²) in [4.78, 5) is 18.5. The molecule has 0 saturated heterocycles. The molecule has 27 heavy (non-hydrogen) atoms. The van der Waals surface area contributed by atoms with Gasteiger partial charge in [-0.2, -0.15) is 4.98 Å². The second-order valence-electron chi connectivity index (χ2n) is 6.19. The summed E-state index contributed by atoms with van der Waals surface area (Å²) in [6.45, 7) is 5.89. The minimum absolute atomic E-state index is 0.0853. The van der Waals surface area contributed by atoms with Crippen LogP contribution in [-0.2, 0) is 10.4 Å². The van der Waals surface area contributed by atoms with Crippen LogP contribution in [0.1, 0.15) is 18.4 Å². The predicted octanol–water partition coefficient (Wildman–Crippen LogP) is 3.14. The maximum absolute atomic E-state index is 13.8. The molecule has 1 amide bonds. The molecule has 0 radical (unpaired) electrons. The molecule has 2 aromatic carbocycles. The average Bonchev–Trinajstić information content (AvgIpc) is 3.25. The number of benzene rings is 2. The number of aromatic nitrogens is 2. The van der Waals surface area contributed by atoms with Crippen molar-refractivity contribution in [2.75, 3.05) is 11.4 Å². The molecule has 0 fully saturated rings. The molecule has 136 valence electrons. The van der Waals surface area contributed by atoms with Crippen molar-refractivity contribution < 1.29 is 18.8 Å². The lowest BCUT2D eigenvalue weighted by molar-refractivity contribution is -0.130. The number of anilines is 1. The molecule has 0 spiro atoms. The highest BCUT2D eigenvalue weighted by atomic mass is 19.1. The van der Waals surface area contributed by atoms with E-state index in [4.69, 9.17) is 4.52 Å². The molecule has 1 aliphatic rings. The number of nitrogens with zero attached hydrogens (tertiary/aromatic N) is 3. The third-order valence-electron chi connectivity index (χ3n) is 4.66. The molecule has 2 heterocycles. The molecule has 1 aromatic heterocycles. The van der Waals surface area contributed by atoms with Gasteiger partial charge in [-0.3, -0.25) is 4.79 Å². The number of aliphatic hydroxyl groups is 1. The van der Waals surface area contributed by atoms with E-state index in [2.05, 4.69) is 16.7 Å². The van der Waals surface area contributed by atoms with Crippen molar-refractivity contribution in [2.45, 2.75) is 12.5 Å². The van der Waals surface area contributed by atoms with Gasteiger partial charge >= 0.3 is 0 Å². The Bertz CT molecular complexity index is 1050. The van der Waals surface area contributed by atoms with E-state index >= 15 is 0 Å². The minimum Gasteiger partial charge on any atom is -0.372 e. The quantitative estimate of drug-likeness (QED) is 0.768. The summed E-state index contributed by atoms with van der Waals surface area (Å²) < 4.78 is 19.1. The highest BCUT2D eigenvalue weighted by molar-refractivity contribution is 6.13. The molecule has 1 atom stereocenters. The van der Waals surface area contributed by atoms with E-state index < -0.39 is 17.3 Å². The number of halogens is 1. The van der Waals surface area contributed by atoms with Gasteiger partial charge in [0.15, 0.2) is 0 Å². The molecule has 7 heteroatoms. The number of likely N-dealkylation sites (N-methyl/N-ethyl adjacent to an activating group) is 1. The molecule has 4 rings (SSSR count). The lowest BCUT2D eigenvalue weighted by Gasteiger charge is -2.22. The van der Waals surface area contributed by atoms with Gasteiger partial charge in [-0.15, -0.1) is 0 Å². The van der Waals surface area contributed by atoms with Crippen LogP contribution >= 0.6 is 0 Å². The number of hydrogen-bond acceptors (Lipinski definition) is 5. The average molecular weight is 365 g/mol. The van der Waals surface area contributed by atoms with Crippen LogP contribution in [0, 0.1) is 5.82 Å². The van der Waals surface area contributed by atoms with Gasteiger partial charge in [0.25, 0.3) is 11.8 Å². The Hall–Kier alpha value is -3.32. The van der Waals surface area contributed by atoms with Crippen LogP contribution in [0.4, 0.5) is 10.1 Å². The fourth-order valence-corrected chi connectivity index (χ4v) is 3.26. The normalized spacial score (nSPS) is 18.6. The lowest BCUT2D eigenvalue weighted by Crippen LogP contribution is -2.41. The van der Waals surface area contributed by atoms with Crippen molar-refractivity contribution in [3.8, 4) is 11.4 Å². The molecular formula is C20H16FN3O3. The first-order valence-corrected chi connectivity index (χ1v) is 8.40. The van der Waals surface area contributed by atoms with E-state index in [1.165, 1.54) is 17.0 Å².